The average Bonchev–Trinajstić information content (AvgIpc) is 3.33. The van der Waals surface area contributed by atoms with Crippen LogP contribution in [0.25, 0.3) is 0 Å². The number of anilines is 1. The van der Waals surface area contributed by atoms with E-state index in [9.17, 15) is 8.42 Å². The predicted molar refractivity (Wildman–Crippen MR) is 79.3 cm³/mol. The van der Waals surface area contributed by atoms with Gasteiger partial charge in [0.2, 0.25) is 10.0 Å². The monoisotopic (exact) mass is 306 g/mol. The molecule has 0 spiro atoms. The van der Waals surface area contributed by atoms with Crippen LogP contribution in [-0.4, -0.2) is 37.8 Å². The number of hydrogen-bond acceptors (Lipinski definition) is 5. The van der Waals surface area contributed by atoms with Crippen molar-refractivity contribution in [2.45, 2.75) is 37.0 Å². The summed E-state index contributed by atoms with van der Waals surface area (Å²) in [5.41, 5.74) is 0.547. The molecule has 0 unspecified atom stereocenters. The Balaban J connectivity index is 1.56. The van der Waals surface area contributed by atoms with Crippen LogP contribution in [0.3, 0.4) is 0 Å². The van der Waals surface area contributed by atoms with E-state index in [0.29, 0.717) is 5.56 Å². The van der Waals surface area contributed by atoms with Crippen molar-refractivity contribution in [1.82, 2.24) is 9.71 Å². The van der Waals surface area contributed by atoms with E-state index >= 15 is 0 Å². The smallest absolute Gasteiger partial charge is 0.214 e. The Kier molecular flexibility index (Phi) is 3.83. The highest BCUT2D eigenvalue weighted by atomic mass is 32.2. The number of nitrogens with zero attached hydrogens (tertiary/aromatic N) is 3. The summed E-state index contributed by atoms with van der Waals surface area (Å²) >= 11 is 0. The summed E-state index contributed by atoms with van der Waals surface area (Å²) in [5.74, 6) is 0.845. The fraction of sp³-hybridized carbons (Fsp3) is 0.571. The minimum absolute atomic E-state index is 0.0326. The van der Waals surface area contributed by atoms with E-state index in [0.717, 1.165) is 44.6 Å². The number of aromatic nitrogens is 1. The second kappa shape index (κ2) is 5.62. The first-order valence-electron chi connectivity index (χ1n) is 7.21. The van der Waals surface area contributed by atoms with Gasteiger partial charge in [-0.05, 0) is 37.8 Å². The van der Waals surface area contributed by atoms with Crippen molar-refractivity contribution in [2.24, 2.45) is 0 Å². The van der Waals surface area contributed by atoms with E-state index < -0.39 is 10.0 Å². The Labute approximate surface area is 124 Å². The summed E-state index contributed by atoms with van der Waals surface area (Å²) < 4.78 is 26.7. The first-order valence-corrected chi connectivity index (χ1v) is 8.75. The van der Waals surface area contributed by atoms with E-state index in [-0.39, 0.29) is 11.3 Å². The molecule has 0 amide bonds. The molecule has 1 saturated heterocycles. The lowest BCUT2D eigenvalue weighted by Gasteiger charge is -2.33. The number of nitriles is 1. The van der Waals surface area contributed by atoms with Crippen LogP contribution in [0.5, 0.6) is 0 Å². The summed E-state index contributed by atoms with van der Waals surface area (Å²) in [6, 6.07) is 5.68. The maximum atomic E-state index is 11.9. The Morgan fingerprint density at radius 3 is 2.48 bits per heavy atom. The molecule has 2 fully saturated rings. The van der Waals surface area contributed by atoms with Gasteiger partial charge in [0, 0.05) is 25.3 Å². The van der Waals surface area contributed by atoms with Gasteiger partial charge in [0.25, 0.3) is 0 Å². The molecule has 1 aliphatic carbocycles. The van der Waals surface area contributed by atoms with Gasteiger partial charge in [0.15, 0.2) is 0 Å². The highest BCUT2D eigenvalue weighted by molar-refractivity contribution is 7.90. The van der Waals surface area contributed by atoms with E-state index in [1.807, 2.05) is 12.1 Å². The zero-order chi connectivity index (χ0) is 14.9. The van der Waals surface area contributed by atoms with Crippen LogP contribution in [0.15, 0.2) is 18.3 Å². The summed E-state index contributed by atoms with van der Waals surface area (Å²) in [6.07, 6.45) is 4.73. The van der Waals surface area contributed by atoms with Crippen LogP contribution in [0.4, 0.5) is 5.82 Å². The number of pyridine rings is 1. The van der Waals surface area contributed by atoms with E-state index in [1.54, 1.807) is 12.3 Å². The fourth-order valence-electron chi connectivity index (χ4n) is 2.57. The molecule has 0 aromatic carbocycles. The Morgan fingerprint density at radius 1 is 1.24 bits per heavy atom. The SMILES string of the molecule is N#Cc1ccc(N2CCC(NS(=O)(=O)C3CC3)CC2)nc1. The molecule has 1 aliphatic heterocycles. The number of nitrogens with one attached hydrogen (secondary N) is 1. The van der Waals surface area contributed by atoms with Gasteiger partial charge in [-0.25, -0.2) is 18.1 Å². The van der Waals surface area contributed by atoms with Crippen LogP contribution in [-0.2, 0) is 10.0 Å². The zero-order valence-corrected chi connectivity index (χ0v) is 12.5. The van der Waals surface area contributed by atoms with Gasteiger partial charge in [-0.1, -0.05) is 0 Å². The maximum Gasteiger partial charge on any atom is 0.214 e. The first-order chi connectivity index (χ1) is 10.1. The van der Waals surface area contributed by atoms with Gasteiger partial charge in [0.1, 0.15) is 11.9 Å². The van der Waals surface area contributed by atoms with Gasteiger partial charge in [-0.15, -0.1) is 0 Å². The standard InChI is InChI=1S/C14H18N4O2S/c15-9-11-1-4-14(16-10-11)18-7-5-12(6-8-18)17-21(19,20)13-2-3-13/h1,4,10,12-13,17H,2-3,5-8H2. The summed E-state index contributed by atoms with van der Waals surface area (Å²) in [6.45, 7) is 1.55. The maximum absolute atomic E-state index is 11.9. The van der Waals surface area contributed by atoms with Gasteiger partial charge in [-0.2, -0.15) is 5.26 Å². The number of hydrogen-bond donors (Lipinski definition) is 1. The fourth-order valence-corrected chi connectivity index (χ4v) is 4.22. The van der Waals surface area contributed by atoms with Crippen molar-refractivity contribution in [1.29, 1.82) is 5.26 Å². The molecular formula is C14H18N4O2S. The van der Waals surface area contributed by atoms with Crippen molar-refractivity contribution >= 4 is 15.8 Å². The Bertz CT molecular complexity index is 639. The molecule has 112 valence electrons. The van der Waals surface area contributed by atoms with E-state index in [4.69, 9.17) is 5.26 Å². The molecule has 1 saturated carbocycles. The van der Waals surface area contributed by atoms with Crippen LogP contribution >= 0.6 is 0 Å². The van der Waals surface area contributed by atoms with Crippen molar-refractivity contribution in [3.63, 3.8) is 0 Å². The number of piperidine rings is 1. The zero-order valence-electron chi connectivity index (χ0n) is 11.7. The van der Waals surface area contributed by atoms with Crippen molar-refractivity contribution < 1.29 is 8.42 Å². The van der Waals surface area contributed by atoms with Crippen LogP contribution in [0.2, 0.25) is 0 Å². The molecule has 0 bridgehead atoms. The van der Waals surface area contributed by atoms with E-state index in [2.05, 4.69) is 14.6 Å². The third kappa shape index (κ3) is 3.34. The minimum atomic E-state index is -3.10. The Morgan fingerprint density at radius 2 is 1.95 bits per heavy atom. The minimum Gasteiger partial charge on any atom is -0.357 e. The molecule has 1 aromatic rings. The van der Waals surface area contributed by atoms with Crippen LogP contribution in [0, 0.1) is 11.3 Å². The molecule has 2 heterocycles. The van der Waals surface area contributed by atoms with Crippen molar-refractivity contribution in [2.75, 3.05) is 18.0 Å². The summed E-state index contributed by atoms with van der Waals surface area (Å²) in [5, 5.41) is 8.61. The average molecular weight is 306 g/mol. The molecule has 1 N–H and O–H groups in total. The lowest BCUT2D eigenvalue weighted by Crippen LogP contribution is -2.45. The van der Waals surface area contributed by atoms with Crippen molar-refractivity contribution in [3.8, 4) is 6.07 Å². The van der Waals surface area contributed by atoms with E-state index in [1.165, 1.54) is 0 Å². The molecule has 6 nitrogen and oxygen atoms in total. The molecule has 0 atom stereocenters. The Hall–Kier alpha value is -1.65. The predicted octanol–water partition coefficient (Wildman–Crippen LogP) is 1.00. The molecule has 0 radical (unpaired) electrons. The van der Waals surface area contributed by atoms with Crippen LogP contribution < -0.4 is 9.62 Å². The molecule has 21 heavy (non-hydrogen) atoms. The third-order valence-electron chi connectivity index (χ3n) is 3.99. The first kappa shape index (κ1) is 14.3. The molecule has 3 rings (SSSR count). The third-order valence-corrected chi connectivity index (χ3v) is 6.00. The topological polar surface area (TPSA) is 86.1 Å². The van der Waals surface area contributed by atoms with Gasteiger partial charge in [-0.3, -0.25) is 0 Å². The summed E-state index contributed by atoms with van der Waals surface area (Å²) in [4.78, 5) is 6.40. The lowest BCUT2D eigenvalue weighted by molar-refractivity contribution is 0.458. The second-order valence-electron chi connectivity index (χ2n) is 5.64. The number of rotatable bonds is 4. The summed E-state index contributed by atoms with van der Waals surface area (Å²) in [7, 11) is -3.10. The van der Waals surface area contributed by atoms with Gasteiger partial charge >= 0.3 is 0 Å². The van der Waals surface area contributed by atoms with Gasteiger partial charge < -0.3 is 4.90 Å². The molecule has 7 heteroatoms. The highest BCUT2D eigenvalue weighted by Crippen LogP contribution is 2.28. The van der Waals surface area contributed by atoms with Gasteiger partial charge in [0.05, 0.1) is 10.8 Å². The normalized spacial score (nSPS) is 20.2. The second-order valence-corrected chi connectivity index (χ2v) is 7.63. The van der Waals surface area contributed by atoms with Crippen LogP contribution in [0.1, 0.15) is 31.2 Å². The van der Waals surface area contributed by atoms with Crippen molar-refractivity contribution in [3.05, 3.63) is 23.9 Å². The lowest BCUT2D eigenvalue weighted by atomic mass is 10.1. The molecular weight excluding hydrogens is 288 g/mol. The quantitative estimate of drug-likeness (QED) is 0.897. The molecule has 1 aromatic heterocycles. The highest BCUT2D eigenvalue weighted by Gasteiger charge is 2.37. The molecule has 2 aliphatic rings. The number of sulfonamides is 1. The largest absolute Gasteiger partial charge is 0.357 e.